The normalized spacial score (nSPS) is 29.1. The van der Waals surface area contributed by atoms with Crippen LogP contribution in [0.4, 0.5) is 0 Å². The van der Waals surface area contributed by atoms with Crippen LogP contribution in [0.15, 0.2) is 0 Å². The molecule has 0 aromatic rings. The Bertz CT molecular complexity index is 89.1. The van der Waals surface area contributed by atoms with E-state index in [2.05, 4.69) is 5.32 Å². The molecule has 1 heterocycles. The Balaban J connectivity index is 2.26. The van der Waals surface area contributed by atoms with Crippen LogP contribution in [0.1, 0.15) is 0 Å². The van der Waals surface area contributed by atoms with Crippen LogP contribution in [0.25, 0.3) is 0 Å². The van der Waals surface area contributed by atoms with Crippen molar-refractivity contribution < 1.29 is 4.79 Å². The molecule has 2 nitrogen and oxygen atoms in total. The van der Waals surface area contributed by atoms with Gasteiger partial charge in [0, 0.05) is 30.5 Å². The van der Waals surface area contributed by atoms with E-state index in [1.807, 2.05) is 11.8 Å². The van der Waals surface area contributed by atoms with Gasteiger partial charge in [0.15, 0.2) is 0 Å². The second-order valence-corrected chi connectivity index (χ2v) is 3.33. The third-order valence-corrected chi connectivity index (χ3v) is 2.51. The highest BCUT2D eigenvalue weighted by molar-refractivity contribution is 7.99. The number of nitrogens with one attached hydrogen (secondary N) is 1. The van der Waals surface area contributed by atoms with Gasteiger partial charge in [-0.15, -0.1) is 0 Å². The zero-order valence-electron chi connectivity index (χ0n) is 5.30. The molecule has 1 rings (SSSR count). The quantitative estimate of drug-likeness (QED) is 0.532. The second-order valence-electron chi connectivity index (χ2n) is 2.18. The molecule has 0 spiro atoms. The average Bonchev–Trinajstić information content (AvgIpc) is 2.13. The van der Waals surface area contributed by atoms with Crippen molar-refractivity contribution in [3.05, 3.63) is 0 Å². The molecular weight excluding hydrogens is 134 g/mol. The van der Waals surface area contributed by atoms with E-state index >= 15 is 0 Å². The third-order valence-electron chi connectivity index (χ3n) is 1.35. The molecule has 0 aliphatic carbocycles. The predicted molar refractivity (Wildman–Crippen MR) is 39.7 cm³/mol. The van der Waals surface area contributed by atoms with Crippen molar-refractivity contribution in [2.45, 2.75) is 0 Å². The molecule has 0 aromatic heterocycles. The SMILES string of the molecule is O=CC1CNCCSC1. The molecule has 52 valence electrons. The van der Waals surface area contributed by atoms with Crippen molar-refractivity contribution in [2.75, 3.05) is 24.6 Å². The minimum Gasteiger partial charge on any atom is -0.315 e. The molecule has 0 amide bonds. The maximum atomic E-state index is 10.3. The Morgan fingerprint density at radius 3 is 3.33 bits per heavy atom. The Labute approximate surface area is 59.4 Å². The van der Waals surface area contributed by atoms with Crippen LogP contribution >= 0.6 is 11.8 Å². The molecule has 1 atom stereocenters. The summed E-state index contributed by atoms with van der Waals surface area (Å²) < 4.78 is 0. The summed E-state index contributed by atoms with van der Waals surface area (Å²) in [7, 11) is 0. The summed E-state index contributed by atoms with van der Waals surface area (Å²) in [5.74, 6) is 2.39. The van der Waals surface area contributed by atoms with Crippen molar-refractivity contribution in [2.24, 2.45) is 5.92 Å². The smallest absolute Gasteiger partial charge is 0.125 e. The zero-order valence-corrected chi connectivity index (χ0v) is 6.12. The second kappa shape index (κ2) is 3.90. The van der Waals surface area contributed by atoms with E-state index in [1.54, 1.807) is 0 Å². The summed E-state index contributed by atoms with van der Waals surface area (Å²) in [5, 5.41) is 3.20. The lowest BCUT2D eigenvalue weighted by atomic mass is 10.2. The highest BCUT2D eigenvalue weighted by Gasteiger charge is 2.09. The van der Waals surface area contributed by atoms with Gasteiger partial charge in [-0.2, -0.15) is 11.8 Å². The van der Waals surface area contributed by atoms with Crippen molar-refractivity contribution >= 4 is 18.0 Å². The number of carbonyl (C=O) groups excluding carboxylic acids is 1. The monoisotopic (exact) mass is 145 g/mol. The molecule has 1 aliphatic heterocycles. The first-order valence-corrected chi connectivity index (χ1v) is 4.32. The molecule has 9 heavy (non-hydrogen) atoms. The van der Waals surface area contributed by atoms with Crippen LogP contribution in [0, 0.1) is 5.92 Å². The standard InChI is InChI=1S/C6H11NOS/c8-4-6-3-7-1-2-9-5-6/h4,6-7H,1-3,5H2. The predicted octanol–water partition coefficient (Wildman–Crippen LogP) is 0.138. The van der Waals surface area contributed by atoms with Crippen LogP contribution in [0.5, 0.6) is 0 Å². The summed E-state index contributed by atoms with van der Waals surface area (Å²) in [5.41, 5.74) is 0. The molecule has 0 radical (unpaired) electrons. The van der Waals surface area contributed by atoms with Crippen LogP contribution in [0.2, 0.25) is 0 Å². The van der Waals surface area contributed by atoms with Gasteiger partial charge in [-0.25, -0.2) is 0 Å². The fraction of sp³-hybridized carbons (Fsp3) is 0.833. The molecule has 0 saturated carbocycles. The lowest BCUT2D eigenvalue weighted by molar-refractivity contribution is -0.110. The Kier molecular flexibility index (Phi) is 3.08. The van der Waals surface area contributed by atoms with Gasteiger partial charge in [-0.3, -0.25) is 0 Å². The van der Waals surface area contributed by atoms with Gasteiger partial charge in [0.1, 0.15) is 6.29 Å². The van der Waals surface area contributed by atoms with Crippen LogP contribution in [-0.2, 0) is 4.79 Å². The Morgan fingerprint density at radius 1 is 1.67 bits per heavy atom. The van der Waals surface area contributed by atoms with E-state index in [-0.39, 0.29) is 5.92 Å². The van der Waals surface area contributed by atoms with Gasteiger partial charge >= 0.3 is 0 Å². The van der Waals surface area contributed by atoms with E-state index in [0.29, 0.717) is 0 Å². The maximum Gasteiger partial charge on any atom is 0.125 e. The number of aldehydes is 1. The van der Waals surface area contributed by atoms with Gasteiger partial charge in [0.25, 0.3) is 0 Å². The van der Waals surface area contributed by atoms with Gasteiger partial charge in [-0.1, -0.05) is 0 Å². The van der Waals surface area contributed by atoms with E-state index in [4.69, 9.17) is 0 Å². The summed E-state index contributed by atoms with van der Waals surface area (Å²) >= 11 is 1.85. The Morgan fingerprint density at radius 2 is 2.56 bits per heavy atom. The number of thioether (sulfide) groups is 1. The summed E-state index contributed by atoms with van der Waals surface area (Å²) in [6, 6.07) is 0. The highest BCUT2D eigenvalue weighted by Crippen LogP contribution is 2.07. The molecule has 0 bridgehead atoms. The molecule has 0 aromatic carbocycles. The van der Waals surface area contributed by atoms with Gasteiger partial charge < -0.3 is 10.1 Å². The summed E-state index contributed by atoms with van der Waals surface area (Å²) in [6.45, 7) is 1.92. The van der Waals surface area contributed by atoms with E-state index in [9.17, 15) is 4.79 Å². The molecular formula is C6H11NOS. The van der Waals surface area contributed by atoms with Crippen LogP contribution in [0.3, 0.4) is 0 Å². The zero-order chi connectivity index (χ0) is 6.53. The molecule has 1 unspecified atom stereocenters. The minimum absolute atomic E-state index is 0.248. The summed E-state index contributed by atoms with van der Waals surface area (Å²) in [4.78, 5) is 10.3. The number of rotatable bonds is 1. The largest absolute Gasteiger partial charge is 0.315 e. The highest BCUT2D eigenvalue weighted by atomic mass is 32.2. The van der Waals surface area contributed by atoms with Gasteiger partial charge in [0.2, 0.25) is 0 Å². The maximum absolute atomic E-state index is 10.3. The molecule has 1 saturated heterocycles. The molecule has 1 N–H and O–H groups in total. The van der Waals surface area contributed by atoms with Crippen LogP contribution in [-0.4, -0.2) is 30.9 Å². The lowest BCUT2D eigenvalue weighted by Gasteiger charge is -2.02. The first-order chi connectivity index (χ1) is 4.43. The molecule has 3 heteroatoms. The van der Waals surface area contributed by atoms with Crippen molar-refractivity contribution in [3.8, 4) is 0 Å². The fourth-order valence-electron chi connectivity index (χ4n) is 0.813. The Hall–Kier alpha value is -0.0200. The number of hydrogen-bond acceptors (Lipinski definition) is 3. The van der Waals surface area contributed by atoms with Gasteiger partial charge in [0.05, 0.1) is 0 Å². The number of carbonyl (C=O) groups is 1. The fourth-order valence-corrected chi connectivity index (χ4v) is 1.77. The average molecular weight is 145 g/mol. The van der Waals surface area contributed by atoms with Gasteiger partial charge in [-0.05, 0) is 0 Å². The molecule has 1 aliphatic rings. The number of hydrogen-bond donors (Lipinski definition) is 1. The minimum atomic E-state index is 0.248. The van der Waals surface area contributed by atoms with Crippen molar-refractivity contribution in [1.29, 1.82) is 0 Å². The molecule has 1 fully saturated rings. The van der Waals surface area contributed by atoms with E-state index in [0.717, 1.165) is 30.9 Å². The van der Waals surface area contributed by atoms with Crippen molar-refractivity contribution in [3.63, 3.8) is 0 Å². The first kappa shape index (κ1) is 7.09. The van der Waals surface area contributed by atoms with E-state index < -0.39 is 0 Å². The first-order valence-electron chi connectivity index (χ1n) is 3.17. The third kappa shape index (κ3) is 2.37. The van der Waals surface area contributed by atoms with Crippen LogP contribution < -0.4 is 5.32 Å². The summed E-state index contributed by atoms with van der Waals surface area (Å²) in [6.07, 6.45) is 1.05. The topological polar surface area (TPSA) is 29.1 Å². The van der Waals surface area contributed by atoms with Crippen molar-refractivity contribution in [1.82, 2.24) is 5.32 Å². The lowest BCUT2D eigenvalue weighted by Crippen LogP contribution is -2.23. The van der Waals surface area contributed by atoms with E-state index in [1.165, 1.54) is 0 Å².